The van der Waals surface area contributed by atoms with Gasteiger partial charge in [0.15, 0.2) is 0 Å². The van der Waals surface area contributed by atoms with Gasteiger partial charge < -0.3 is 0 Å². The minimum atomic E-state index is 0.674. The van der Waals surface area contributed by atoms with E-state index >= 15 is 0 Å². The third kappa shape index (κ3) is 1.63. The molecule has 1 rings (SSSR count). The molecule has 0 bridgehead atoms. The second-order valence-corrected chi connectivity index (χ2v) is 3.05. The lowest BCUT2D eigenvalue weighted by Crippen LogP contribution is -1.86. The predicted molar refractivity (Wildman–Crippen MR) is 50.7 cm³/mol. The van der Waals surface area contributed by atoms with Gasteiger partial charge in [-0.25, -0.2) is 4.79 Å². The van der Waals surface area contributed by atoms with Crippen molar-refractivity contribution in [2.75, 3.05) is 0 Å². The molecule has 0 amide bonds. The Kier molecular flexibility index (Phi) is 2.47. The van der Waals surface area contributed by atoms with Crippen LogP contribution in [0.3, 0.4) is 0 Å². The van der Waals surface area contributed by atoms with Gasteiger partial charge in [-0.2, -0.15) is 0 Å². The molecule has 0 aliphatic rings. The first kappa shape index (κ1) is 8.76. The number of allylic oxidation sites excluding steroid dienone is 1. The average Bonchev–Trinajstić information content (AvgIpc) is 2.03. The third-order valence-corrected chi connectivity index (χ3v) is 1.94. The zero-order valence-corrected chi connectivity index (χ0v) is 7.64. The highest BCUT2D eigenvalue weighted by atomic mass is 16.1. The van der Waals surface area contributed by atoms with E-state index in [0.717, 1.165) is 11.1 Å². The van der Waals surface area contributed by atoms with Crippen LogP contribution in [0.15, 0.2) is 18.2 Å². The standard InChI is InChI=1S/C11H12O/c1-8-4-5-11(9(2)6-8)10(3)7-12/h4-6H,1-3H3. The summed E-state index contributed by atoms with van der Waals surface area (Å²) in [6, 6.07) is 6.03. The van der Waals surface area contributed by atoms with Gasteiger partial charge in [0, 0.05) is 5.57 Å². The Balaban J connectivity index is 3.27. The molecule has 0 atom stereocenters. The Labute approximate surface area is 72.7 Å². The minimum absolute atomic E-state index is 0.674. The molecular formula is C11H12O. The molecule has 0 fully saturated rings. The lowest BCUT2D eigenvalue weighted by Gasteiger charge is -2.03. The van der Waals surface area contributed by atoms with Crippen LogP contribution < -0.4 is 0 Å². The van der Waals surface area contributed by atoms with E-state index in [1.807, 2.05) is 31.9 Å². The van der Waals surface area contributed by atoms with Crippen LogP contribution in [0.1, 0.15) is 23.6 Å². The number of rotatable bonds is 1. The predicted octanol–water partition coefficient (Wildman–Crippen LogP) is 2.54. The molecule has 1 aromatic rings. The summed E-state index contributed by atoms with van der Waals surface area (Å²) in [4.78, 5) is 10.4. The first-order chi connectivity index (χ1) is 5.65. The number of hydrogen-bond donors (Lipinski definition) is 0. The number of hydrogen-bond acceptors (Lipinski definition) is 1. The van der Waals surface area contributed by atoms with E-state index in [1.54, 1.807) is 6.92 Å². The summed E-state index contributed by atoms with van der Waals surface area (Å²) in [7, 11) is 0. The fraction of sp³-hybridized carbons (Fsp3) is 0.273. The van der Waals surface area contributed by atoms with Gasteiger partial charge in [-0.05, 0) is 31.9 Å². The largest absolute Gasteiger partial charge is 0.233 e. The quantitative estimate of drug-likeness (QED) is 0.577. The van der Waals surface area contributed by atoms with Gasteiger partial charge in [-0.15, -0.1) is 0 Å². The molecule has 62 valence electrons. The van der Waals surface area contributed by atoms with Crippen LogP contribution in [-0.2, 0) is 4.79 Å². The second kappa shape index (κ2) is 3.38. The molecular weight excluding hydrogens is 148 g/mol. The molecule has 0 aromatic heterocycles. The van der Waals surface area contributed by atoms with Gasteiger partial charge in [0.1, 0.15) is 5.94 Å². The zero-order chi connectivity index (χ0) is 9.14. The Morgan fingerprint density at radius 1 is 1.33 bits per heavy atom. The summed E-state index contributed by atoms with van der Waals surface area (Å²) >= 11 is 0. The highest BCUT2D eigenvalue weighted by Crippen LogP contribution is 2.16. The second-order valence-electron chi connectivity index (χ2n) is 3.05. The molecule has 0 N–H and O–H groups in total. The van der Waals surface area contributed by atoms with E-state index in [9.17, 15) is 4.79 Å². The van der Waals surface area contributed by atoms with Crippen LogP contribution in [-0.4, -0.2) is 5.94 Å². The van der Waals surface area contributed by atoms with Crippen molar-refractivity contribution in [2.45, 2.75) is 20.8 Å². The van der Waals surface area contributed by atoms with Crippen LogP contribution in [0.2, 0.25) is 0 Å². The molecule has 0 aliphatic carbocycles. The van der Waals surface area contributed by atoms with E-state index in [2.05, 4.69) is 6.07 Å². The lowest BCUT2D eigenvalue weighted by atomic mass is 10.0. The Hall–Kier alpha value is -1.33. The summed E-state index contributed by atoms with van der Waals surface area (Å²) in [6.07, 6.45) is 0. The summed E-state index contributed by atoms with van der Waals surface area (Å²) < 4.78 is 0. The molecule has 0 aliphatic heterocycles. The monoisotopic (exact) mass is 160 g/mol. The van der Waals surface area contributed by atoms with Crippen molar-refractivity contribution in [1.82, 2.24) is 0 Å². The van der Waals surface area contributed by atoms with Crippen LogP contribution in [0, 0.1) is 13.8 Å². The van der Waals surface area contributed by atoms with Crippen molar-refractivity contribution in [3.8, 4) is 0 Å². The molecule has 0 saturated carbocycles. The smallest absolute Gasteiger partial charge is 0.128 e. The van der Waals surface area contributed by atoms with Gasteiger partial charge in [0.25, 0.3) is 0 Å². The maximum absolute atomic E-state index is 10.4. The van der Waals surface area contributed by atoms with Crippen molar-refractivity contribution >= 4 is 11.5 Å². The highest BCUT2D eigenvalue weighted by Gasteiger charge is 2.00. The molecule has 1 nitrogen and oxygen atoms in total. The van der Waals surface area contributed by atoms with Gasteiger partial charge in [0.2, 0.25) is 0 Å². The van der Waals surface area contributed by atoms with Crippen LogP contribution in [0.25, 0.3) is 5.57 Å². The first-order valence-electron chi connectivity index (χ1n) is 3.94. The molecule has 0 saturated heterocycles. The van der Waals surface area contributed by atoms with Gasteiger partial charge in [-0.1, -0.05) is 23.8 Å². The fourth-order valence-corrected chi connectivity index (χ4v) is 1.29. The summed E-state index contributed by atoms with van der Waals surface area (Å²) in [5.41, 5.74) is 4.02. The Morgan fingerprint density at radius 2 is 2.00 bits per heavy atom. The third-order valence-electron chi connectivity index (χ3n) is 1.94. The number of aryl methyl sites for hydroxylation is 2. The maximum Gasteiger partial charge on any atom is 0.128 e. The van der Waals surface area contributed by atoms with Gasteiger partial charge >= 0.3 is 0 Å². The molecule has 0 heterocycles. The van der Waals surface area contributed by atoms with Crippen LogP contribution in [0.4, 0.5) is 0 Å². The topological polar surface area (TPSA) is 17.1 Å². The first-order valence-corrected chi connectivity index (χ1v) is 3.94. The Bertz CT molecular complexity index is 344. The van der Waals surface area contributed by atoms with Crippen molar-refractivity contribution in [2.24, 2.45) is 0 Å². The van der Waals surface area contributed by atoms with E-state index in [0.29, 0.717) is 5.57 Å². The number of carbonyl (C=O) groups excluding carboxylic acids is 1. The van der Waals surface area contributed by atoms with Crippen molar-refractivity contribution in [3.05, 3.63) is 34.9 Å². The van der Waals surface area contributed by atoms with Crippen molar-refractivity contribution < 1.29 is 4.79 Å². The van der Waals surface area contributed by atoms with E-state index in [-0.39, 0.29) is 0 Å². The lowest BCUT2D eigenvalue weighted by molar-refractivity contribution is 0.569. The van der Waals surface area contributed by atoms with Crippen LogP contribution in [0.5, 0.6) is 0 Å². The van der Waals surface area contributed by atoms with Gasteiger partial charge in [-0.3, -0.25) is 0 Å². The Morgan fingerprint density at radius 3 is 2.50 bits per heavy atom. The fourth-order valence-electron chi connectivity index (χ4n) is 1.29. The van der Waals surface area contributed by atoms with E-state index < -0.39 is 0 Å². The van der Waals surface area contributed by atoms with E-state index in [1.165, 1.54) is 5.56 Å². The minimum Gasteiger partial charge on any atom is -0.233 e. The SMILES string of the molecule is CC(=C=O)c1ccc(C)cc1C. The number of benzene rings is 1. The molecule has 0 spiro atoms. The molecule has 1 aromatic carbocycles. The van der Waals surface area contributed by atoms with Gasteiger partial charge in [0.05, 0.1) is 0 Å². The van der Waals surface area contributed by atoms with Crippen LogP contribution >= 0.6 is 0 Å². The van der Waals surface area contributed by atoms with Crippen molar-refractivity contribution in [3.63, 3.8) is 0 Å². The van der Waals surface area contributed by atoms with E-state index in [4.69, 9.17) is 0 Å². The molecule has 0 radical (unpaired) electrons. The molecule has 1 heteroatoms. The summed E-state index contributed by atoms with van der Waals surface area (Å²) in [6.45, 7) is 5.82. The maximum atomic E-state index is 10.4. The average molecular weight is 160 g/mol. The summed E-state index contributed by atoms with van der Waals surface area (Å²) in [5, 5.41) is 0. The summed E-state index contributed by atoms with van der Waals surface area (Å²) in [5.74, 6) is 1.91. The van der Waals surface area contributed by atoms with Crippen molar-refractivity contribution in [1.29, 1.82) is 0 Å². The zero-order valence-electron chi connectivity index (χ0n) is 7.64. The molecule has 0 unspecified atom stereocenters. The molecule has 12 heavy (non-hydrogen) atoms. The normalized spacial score (nSPS) is 9.25. The highest BCUT2D eigenvalue weighted by molar-refractivity contribution is 5.87.